The van der Waals surface area contributed by atoms with Gasteiger partial charge < -0.3 is 25.8 Å². The van der Waals surface area contributed by atoms with Crippen LogP contribution in [0.5, 0.6) is 0 Å². The molecule has 0 saturated carbocycles. The maximum absolute atomic E-state index is 13.2. The number of nitrogens with one attached hydrogen (secondary N) is 4. The fraction of sp³-hybridized carbons (Fsp3) is 0.680. The maximum Gasteiger partial charge on any atom is 0.293 e. The summed E-state index contributed by atoms with van der Waals surface area (Å²) < 4.78 is 5.00. The van der Waals surface area contributed by atoms with Gasteiger partial charge in [0.05, 0.1) is 18.5 Å². The maximum atomic E-state index is 13.2. The van der Waals surface area contributed by atoms with Gasteiger partial charge in [0.2, 0.25) is 11.8 Å². The number of rotatable bonds is 8. The molecular formula is C25H42N4O6S2. The van der Waals surface area contributed by atoms with Gasteiger partial charge in [0.1, 0.15) is 18.0 Å². The molecule has 3 amide bonds. The van der Waals surface area contributed by atoms with Gasteiger partial charge in [0.25, 0.3) is 12.4 Å². The third kappa shape index (κ3) is 12.4. The van der Waals surface area contributed by atoms with Crippen molar-refractivity contribution >= 4 is 45.8 Å². The molecule has 12 heteroatoms. The molecule has 0 bridgehead atoms. The molecule has 37 heavy (non-hydrogen) atoms. The standard InChI is InChI=1S/C25H42N4O6S2/c1-7-19(23(32)26-17(6)15(2)3)27-24(33)20-13-37-36-11-9-8-10-18(35-14-30)12-21(31)29-22(16(4)5)25(34)28-20/h7-8,10,14-18,20,22,25,28,34H,9,11-13H2,1-6H3,(H,26,32)(H,27,33)(H,29,31)/b10-8+,19-7-/t17-,18-,20-,22-,25?/m1/s1. The van der Waals surface area contributed by atoms with Gasteiger partial charge >= 0.3 is 0 Å². The highest BCUT2D eigenvalue weighted by Gasteiger charge is 2.31. The molecule has 1 aliphatic heterocycles. The molecule has 210 valence electrons. The van der Waals surface area contributed by atoms with E-state index in [1.165, 1.54) is 16.9 Å². The smallest absolute Gasteiger partial charge is 0.293 e. The monoisotopic (exact) mass is 558 g/mol. The summed E-state index contributed by atoms with van der Waals surface area (Å²) in [6.45, 7) is 11.5. The molecule has 0 aromatic carbocycles. The molecule has 0 aromatic heterocycles. The molecule has 1 heterocycles. The van der Waals surface area contributed by atoms with Crippen molar-refractivity contribution in [1.29, 1.82) is 0 Å². The normalized spacial score (nSPS) is 26.3. The molecule has 0 spiro atoms. The summed E-state index contributed by atoms with van der Waals surface area (Å²) in [6.07, 6.45) is 3.69. The Morgan fingerprint density at radius 3 is 2.51 bits per heavy atom. The van der Waals surface area contributed by atoms with Gasteiger partial charge in [-0.25, -0.2) is 0 Å². The van der Waals surface area contributed by atoms with Crippen LogP contribution in [0.3, 0.4) is 0 Å². The Balaban J connectivity index is 3.05. The second-order valence-electron chi connectivity index (χ2n) is 9.50. The van der Waals surface area contributed by atoms with Crippen LogP contribution in [0, 0.1) is 11.8 Å². The van der Waals surface area contributed by atoms with E-state index >= 15 is 0 Å². The number of amides is 3. The van der Waals surface area contributed by atoms with Gasteiger partial charge in [0, 0.05) is 17.5 Å². The third-order valence-corrected chi connectivity index (χ3v) is 8.32. The summed E-state index contributed by atoms with van der Waals surface area (Å²) in [6, 6.07) is -1.64. The summed E-state index contributed by atoms with van der Waals surface area (Å²) in [5.74, 6) is -0.167. The SMILES string of the molecule is C/C=C(\NC(=O)[C@H]1CSSCC/C=C/[C@@H](OC=O)CC(=O)N[C@H](C(C)C)C(O)N1)C(=O)N[C@H](C)C(C)C. The molecule has 0 radical (unpaired) electrons. The number of carbonyl (C=O) groups excluding carboxylic acids is 4. The summed E-state index contributed by atoms with van der Waals surface area (Å²) in [4.78, 5) is 49.4. The van der Waals surface area contributed by atoms with Gasteiger partial charge in [0.15, 0.2) is 0 Å². The van der Waals surface area contributed by atoms with Crippen molar-refractivity contribution in [1.82, 2.24) is 21.3 Å². The van der Waals surface area contributed by atoms with Crippen molar-refractivity contribution in [3.05, 3.63) is 23.9 Å². The lowest BCUT2D eigenvalue weighted by Gasteiger charge is -2.31. The zero-order valence-electron chi connectivity index (χ0n) is 22.5. The van der Waals surface area contributed by atoms with Crippen molar-refractivity contribution in [3.8, 4) is 0 Å². The van der Waals surface area contributed by atoms with Crippen LogP contribution >= 0.6 is 21.6 Å². The van der Waals surface area contributed by atoms with Crippen molar-refractivity contribution in [3.63, 3.8) is 0 Å². The minimum absolute atomic E-state index is 0.0781. The lowest BCUT2D eigenvalue weighted by Crippen LogP contribution is -2.59. The molecule has 10 nitrogen and oxygen atoms in total. The van der Waals surface area contributed by atoms with E-state index in [2.05, 4.69) is 21.3 Å². The fourth-order valence-corrected chi connectivity index (χ4v) is 5.42. The number of ether oxygens (including phenoxy) is 1. The number of hydrogen-bond acceptors (Lipinski definition) is 9. The Morgan fingerprint density at radius 2 is 1.92 bits per heavy atom. The number of allylic oxidation sites excluding steroid dienone is 2. The number of carbonyl (C=O) groups is 4. The van der Waals surface area contributed by atoms with E-state index in [1.807, 2.05) is 40.7 Å². The largest absolute Gasteiger partial charge is 0.460 e. The molecule has 0 aromatic rings. The van der Waals surface area contributed by atoms with Crippen LogP contribution < -0.4 is 21.3 Å². The molecule has 1 rings (SSSR count). The van der Waals surface area contributed by atoms with Crippen LogP contribution in [-0.4, -0.2) is 71.3 Å². The number of hydrogen-bond donors (Lipinski definition) is 5. The Bertz CT molecular complexity index is 821. The average molecular weight is 559 g/mol. The van der Waals surface area contributed by atoms with Crippen LogP contribution in [0.4, 0.5) is 0 Å². The molecule has 5 atom stereocenters. The second kappa shape index (κ2) is 17.5. The molecule has 5 N–H and O–H groups in total. The molecule has 1 aliphatic rings. The zero-order valence-corrected chi connectivity index (χ0v) is 24.1. The predicted octanol–water partition coefficient (Wildman–Crippen LogP) is 1.86. The van der Waals surface area contributed by atoms with E-state index in [1.54, 1.807) is 23.8 Å². The minimum Gasteiger partial charge on any atom is -0.460 e. The first-order valence-electron chi connectivity index (χ1n) is 12.5. The highest BCUT2D eigenvalue weighted by atomic mass is 33.1. The second-order valence-corrected chi connectivity index (χ2v) is 12.1. The first-order chi connectivity index (χ1) is 17.5. The Labute approximate surface area is 228 Å². The van der Waals surface area contributed by atoms with E-state index in [9.17, 15) is 24.3 Å². The summed E-state index contributed by atoms with van der Waals surface area (Å²) in [5.41, 5.74) is 0.127. The molecule has 0 fully saturated rings. The quantitative estimate of drug-likeness (QED) is 0.130. The van der Waals surface area contributed by atoms with Crippen LogP contribution in [0.2, 0.25) is 0 Å². The summed E-state index contributed by atoms with van der Waals surface area (Å²) in [5, 5.41) is 22.3. The van der Waals surface area contributed by atoms with Crippen LogP contribution in [0.15, 0.2) is 23.9 Å². The van der Waals surface area contributed by atoms with E-state index in [0.717, 1.165) is 5.75 Å². The summed E-state index contributed by atoms with van der Waals surface area (Å²) >= 11 is 0. The average Bonchev–Trinajstić information content (AvgIpc) is 2.83. The van der Waals surface area contributed by atoms with Crippen molar-refractivity contribution in [2.24, 2.45) is 11.8 Å². The van der Waals surface area contributed by atoms with Crippen LogP contribution in [-0.2, 0) is 23.9 Å². The van der Waals surface area contributed by atoms with E-state index in [-0.39, 0.29) is 35.9 Å². The predicted molar refractivity (Wildman–Crippen MR) is 148 cm³/mol. The molecule has 0 saturated heterocycles. The topological polar surface area (TPSA) is 146 Å². The highest BCUT2D eigenvalue weighted by Crippen LogP contribution is 2.24. The highest BCUT2D eigenvalue weighted by molar-refractivity contribution is 8.76. The van der Waals surface area contributed by atoms with Crippen LogP contribution in [0.1, 0.15) is 54.4 Å². The van der Waals surface area contributed by atoms with Crippen LogP contribution in [0.25, 0.3) is 0 Å². The lowest BCUT2D eigenvalue weighted by atomic mass is 10.0. The molecule has 1 unspecified atom stereocenters. The fourth-order valence-electron chi connectivity index (χ4n) is 3.25. The van der Waals surface area contributed by atoms with Gasteiger partial charge in [-0.1, -0.05) is 61.4 Å². The first kappa shape index (κ1) is 33.0. The van der Waals surface area contributed by atoms with E-state index < -0.39 is 36.2 Å². The first-order valence-corrected chi connectivity index (χ1v) is 15.0. The van der Waals surface area contributed by atoms with Gasteiger partial charge in [-0.3, -0.25) is 24.5 Å². The van der Waals surface area contributed by atoms with Gasteiger partial charge in [-0.05, 0) is 38.2 Å². The minimum atomic E-state index is -1.25. The Morgan fingerprint density at radius 1 is 1.22 bits per heavy atom. The van der Waals surface area contributed by atoms with E-state index in [4.69, 9.17) is 4.74 Å². The van der Waals surface area contributed by atoms with Crippen molar-refractivity contribution < 1.29 is 29.0 Å². The molecular weight excluding hydrogens is 516 g/mol. The van der Waals surface area contributed by atoms with Crippen molar-refractivity contribution in [2.75, 3.05) is 11.5 Å². The van der Waals surface area contributed by atoms with Crippen molar-refractivity contribution in [2.45, 2.75) is 84.8 Å². The van der Waals surface area contributed by atoms with Gasteiger partial charge in [-0.15, -0.1) is 0 Å². The number of aliphatic hydroxyl groups excluding tert-OH is 1. The Hall–Kier alpha value is -2.02. The number of aliphatic hydroxyl groups is 1. The zero-order chi connectivity index (χ0) is 28.0. The Kier molecular flexibility index (Phi) is 15.6. The lowest BCUT2D eigenvalue weighted by molar-refractivity contribution is -0.134. The van der Waals surface area contributed by atoms with Gasteiger partial charge in [-0.2, -0.15) is 0 Å². The van der Waals surface area contributed by atoms with E-state index in [0.29, 0.717) is 18.6 Å². The summed E-state index contributed by atoms with van der Waals surface area (Å²) in [7, 11) is 3.00. The molecule has 0 aliphatic carbocycles. The third-order valence-electron chi connectivity index (χ3n) is 5.88.